The summed E-state index contributed by atoms with van der Waals surface area (Å²) in [5.41, 5.74) is 4.17. The Morgan fingerprint density at radius 3 is 2.71 bits per heavy atom. The summed E-state index contributed by atoms with van der Waals surface area (Å²) >= 11 is 0. The van der Waals surface area contributed by atoms with Crippen LogP contribution in [0.1, 0.15) is 23.2 Å². The highest BCUT2D eigenvalue weighted by Crippen LogP contribution is 2.25. The number of carbonyl (C=O) groups excluding carboxylic acids is 1. The largest absolute Gasteiger partial charge is 0.469 e. The van der Waals surface area contributed by atoms with Crippen LogP contribution in [0.2, 0.25) is 0 Å². The molecule has 0 unspecified atom stereocenters. The molecule has 0 saturated carbocycles. The topological polar surface area (TPSA) is 65.2 Å². The number of nitrogens with two attached hydrogens (primary N) is 1. The minimum absolute atomic E-state index is 0.00594. The smallest absolute Gasteiger partial charge is 0.310 e. The van der Waals surface area contributed by atoms with Gasteiger partial charge >= 0.3 is 5.97 Å². The Labute approximate surface area is 95.6 Å². The Balaban J connectivity index is 3.21. The molecule has 0 saturated heterocycles. The second-order valence-electron chi connectivity index (χ2n) is 3.23. The highest BCUT2D eigenvalue weighted by Gasteiger charge is 2.21. The van der Waals surface area contributed by atoms with Gasteiger partial charge in [0.15, 0.2) is 0 Å². The van der Waals surface area contributed by atoms with Crippen LogP contribution in [0.15, 0.2) is 6.07 Å². The number of ether oxygens (including phenoxy) is 1. The quantitative estimate of drug-likeness (QED) is 0.645. The van der Waals surface area contributed by atoms with Crippen LogP contribution in [0, 0.1) is 5.95 Å². The first-order chi connectivity index (χ1) is 7.99. The number of halogens is 3. The molecule has 7 heteroatoms. The SMILES string of the molecule is COC(=O)Cc1c(C(F)F)cc(CN)nc1F. The van der Waals surface area contributed by atoms with E-state index in [2.05, 4.69) is 9.72 Å². The van der Waals surface area contributed by atoms with E-state index in [1.54, 1.807) is 0 Å². The third-order valence-electron chi connectivity index (χ3n) is 2.15. The maximum atomic E-state index is 13.4. The van der Waals surface area contributed by atoms with Crippen molar-refractivity contribution in [1.29, 1.82) is 0 Å². The van der Waals surface area contributed by atoms with Crippen LogP contribution >= 0.6 is 0 Å². The van der Waals surface area contributed by atoms with Gasteiger partial charge in [-0.3, -0.25) is 4.79 Å². The molecular weight excluding hydrogens is 237 g/mol. The molecular formula is C10H11F3N2O2. The van der Waals surface area contributed by atoms with Gasteiger partial charge in [-0.2, -0.15) is 4.39 Å². The van der Waals surface area contributed by atoms with E-state index in [1.807, 2.05) is 0 Å². The summed E-state index contributed by atoms with van der Waals surface area (Å²) in [5, 5.41) is 0. The molecule has 0 aliphatic heterocycles. The molecule has 0 spiro atoms. The van der Waals surface area contributed by atoms with E-state index >= 15 is 0 Å². The van der Waals surface area contributed by atoms with Crippen molar-refractivity contribution < 1.29 is 22.7 Å². The first-order valence-electron chi connectivity index (χ1n) is 4.72. The molecule has 4 nitrogen and oxygen atoms in total. The molecule has 17 heavy (non-hydrogen) atoms. The van der Waals surface area contributed by atoms with Crippen LogP contribution in [0.4, 0.5) is 13.2 Å². The lowest BCUT2D eigenvalue weighted by molar-refractivity contribution is -0.139. The van der Waals surface area contributed by atoms with E-state index in [-0.39, 0.29) is 12.2 Å². The fourth-order valence-corrected chi connectivity index (χ4v) is 1.30. The summed E-state index contributed by atoms with van der Waals surface area (Å²) in [6.45, 7) is -0.158. The molecule has 0 amide bonds. The Morgan fingerprint density at radius 1 is 1.59 bits per heavy atom. The number of pyridine rings is 1. The maximum absolute atomic E-state index is 13.4. The summed E-state index contributed by atoms with van der Waals surface area (Å²) in [6.07, 6.45) is -3.49. The zero-order valence-corrected chi connectivity index (χ0v) is 9.04. The number of rotatable bonds is 4. The van der Waals surface area contributed by atoms with Crippen LogP contribution < -0.4 is 5.73 Å². The molecule has 1 aromatic rings. The molecule has 1 rings (SSSR count). The minimum Gasteiger partial charge on any atom is -0.469 e. The van der Waals surface area contributed by atoms with Crippen LogP contribution in [-0.4, -0.2) is 18.1 Å². The molecule has 0 radical (unpaired) electrons. The van der Waals surface area contributed by atoms with Crippen molar-refractivity contribution in [3.8, 4) is 0 Å². The zero-order valence-electron chi connectivity index (χ0n) is 9.04. The number of esters is 1. The average Bonchev–Trinajstić information content (AvgIpc) is 2.30. The van der Waals surface area contributed by atoms with Gasteiger partial charge in [-0.05, 0) is 6.07 Å². The van der Waals surface area contributed by atoms with Crippen molar-refractivity contribution in [2.24, 2.45) is 5.73 Å². The van der Waals surface area contributed by atoms with Crippen molar-refractivity contribution in [2.45, 2.75) is 19.4 Å². The van der Waals surface area contributed by atoms with E-state index in [4.69, 9.17) is 5.73 Å². The van der Waals surface area contributed by atoms with Crippen molar-refractivity contribution in [3.63, 3.8) is 0 Å². The monoisotopic (exact) mass is 248 g/mol. The third kappa shape index (κ3) is 3.16. The molecule has 1 heterocycles. The second-order valence-corrected chi connectivity index (χ2v) is 3.23. The molecule has 0 aromatic carbocycles. The lowest BCUT2D eigenvalue weighted by Crippen LogP contribution is -2.13. The van der Waals surface area contributed by atoms with Crippen molar-refractivity contribution >= 4 is 5.97 Å². The van der Waals surface area contributed by atoms with Crippen LogP contribution in [0.3, 0.4) is 0 Å². The highest BCUT2D eigenvalue weighted by atomic mass is 19.3. The molecule has 1 aromatic heterocycles. The molecule has 2 N–H and O–H groups in total. The van der Waals surface area contributed by atoms with Gasteiger partial charge < -0.3 is 10.5 Å². The predicted octanol–water partition coefficient (Wildman–Crippen LogP) is 1.33. The number of hydrogen-bond acceptors (Lipinski definition) is 4. The van der Waals surface area contributed by atoms with Crippen LogP contribution in [-0.2, 0) is 22.5 Å². The van der Waals surface area contributed by atoms with Crippen LogP contribution in [0.5, 0.6) is 0 Å². The number of alkyl halides is 2. The maximum Gasteiger partial charge on any atom is 0.310 e. The third-order valence-corrected chi connectivity index (χ3v) is 2.15. The van der Waals surface area contributed by atoms with Crippen molar-refractivity contribution in [2.75, 3.05) is 7.11 Å². The summed E-state index contributed by atoms with van der Waals surface area (Å²) in [6, 6.07) is 0.992. The Kier molecular flexibility index (Phi) is 4.45. The zero-order chi connectivity index (χ0) is 13.0. The Morgan fingerprint density at radius 2 is 2.24 bits per heavy atom. The number of nitrogens with zero attached hydrogens (tertiary/aromatic N) is 1. The number of carbonyl (C=O) groups is 1. The number of hydrogen-bond donors (Lipinski definition) is 1. The summed E-state index contributed by atoms with van der Waals surface area (Å²) in [7, 11) is 1.09. The van der Waals surface area contributed by atoms with Gasteiger partial charge in [-0.25, -0.2) is 13.8 Å². The fraction of sp³-hybridized carbons (Fsp3) is 0.400. The summed E-state index contributed by atoms with van der Waals surface area (Å²) < 4.78 is 43.1. The van der Waals surface area contributed by atoms with Gasteiger partial charge in [0.2, 0.25) is 5.95 Å². The van der Waals surface area contributed by atoms with Crippen LogP contribution in [0.25, 0.3) is 0 Å². The van der Waals surface area contributed by atoms with Crippen molar-refractivity contribution in [3.05, 3.63) is 28.8 Å². The Hall–Kier alpha value is -1.63. The van der Waals surface area contributed by atoms with Gasteiger partial charge in [-0.1, -0.05) is 0 Å². The van der Waals surface area contributed by atoms with Crippen molar-refractivity contribution in [1.82, 2.24) is 4.98 Å². The van der Waals surface area contributed by atoms with E-state index in [9.17, 15) is 18.0 Å². The standard InChI is InChI=1S/C10H11F3N2O2/c1-17-8(16)3-7-6(9(11)12)2-5(4-14)15-10(7)13/h2,9H,3-4,14H2,1H3. The first kappa shape index (κ1) is 13.4. The molecule has 0 fully saturated rings. The second kappa shape index (κ2) is 5.62. The molecule has 0 bridgehead atoms. The van der Waals surface area contributed by atoms with Gasteiger partial charge in [0.1, 0.15) is 0 Å². The highest BCUT2D eigenvalue weighted by molar-refractivity contribution is 5.72. The molecule has 0 atom stereocenters. The Bertz CT molecular complexity index is 424. The van der Waals surface area contributed by atoms with E-state index in [0.717, 1.165) is 13.2 Å². The predicted molar refractivity (Wildman–Crippen MR) is 52.8 cm³/mol. The normalized spacial score (nSPS) is 10.7. The average molecular weight is 248 g/mol. The number of aromatic nitrogens is 1. The van der Waals surface area contributed by atoms with Gasteiger partial charge in [0, 0.05) is 17.7 Å². The molecule has 0 aliphatic rings. The van der Waals surface area contributed by atoms with E-state index in [0.29, 0.717) is 0 Å². The minimum atomic E-state index is -2.91. The van der Waals surface area contributed by atoms with Gasteiger partial charge in [0.25, 0.3) is 6.43 Å². The fourth-order valence-electron chi connectivity index (χ4n) is 1.30. The van der Waals surface area contributed by atoms with Gasteiger partial charge in [0.05, 0.1) is 19.2 Å². The lowest BCUT2D eigenvalue weighted by Gasteiger charge is -2.10. The van der Waals surface area contributed by atoms with E-state index in [1.165, 1.54) is 0 Å². The summed E-state index contributed by atoms with van der Waals surface area (Å²) in [5.74, 6) is -1.93. The van der Waals surface area contributed by atoms with Gasteiger partial charge in [-0.15, -0.1) is 0 Å². The molecule has 94 valence electrons. The lowest BCUT2D eigenvalue weighted by atomic mass is 10.1. The molecule has 0 aliphatic carbocycles. The van der Waals surface area contributed by atoms with E-state index < -0.39 is 35.9 Å². The number of methoxy groups -OCH3 is 1. The summed E-state index contributed by atoms with van der Waals surface area (Å²) in [4.78, 5) is 14.4. The first-order valence-corrected chi connectivity index (χ1v) is 4.72.